The van der Waals surface area contributed by atoms with Crippen LogP contribution in [0.3, 0.4) is 0 Å². The number of hydrogen-bond donors (Lipinski definition) is 1. The molecule has 7 heteroatoms. The van der Waals surface area contributed by atoms with Crippen LogP contribution < -0.4 is 0 Å². The number of rotatable bonds is 4. The molecule has 6 nitrogen and oxygen atoms in total. The first kappa shape index (κ1) is 22.0. The summed E-state index contributed by atoms with van der Waals surface area (Å²) in [5.74, 6) is 0.149. The average Bonchev–Trinajstić information content (AvgIpc) is 3.46. The first-order chi connectivity index (χ1) is 17.1. The molecule has 0 spiro atoms. The Kier molecular flexibility index (Phi) is 5.65. The fourth-order valence-corrected chi connectivity index (χ4v) is 6.23. The Morgan fingerprint density at radius 3 is 2.69 bits per heavy atom. The Morgan fingerprint density at radius 2 is 1.86 bits per heavy atom. The van der Waals surface area contributed by atoms with Gasteiger partial charge in [-0.2, -0.15) is 15.1 Å². The zero-order valence-electron chi connectivity index (χ0n) is 19.7. The number of aromatic nitrogens is 1. The third kappa shape index (κ3) is 4.04. The van der Waals surface area contributed by atoms with Crippen molar-refractivity contribution in [1.29, 1.82) is 5.41 Å². The van der Waals surface area contributed by atoms with Crippen LogP contribution in [-0.4, -0.2) is 31.5 Å². The van der Waals surface area contributed by atoms with Crippen LogP contribution >= 0.6 is 11.8 Å². The van der Waals surface area contributed by atoms with Crippen LogP contribution in [0.4, 0.5) is 0 Å². The number of carbonyl (C=O) groups excluding carboxylic acids is 1. The Morgan fingerprint density at radius 1 is 1.09 bits per heavy atom. The third-order valence-corrected chi connectivity index (χ3v) is 8.22. The smallest absolute Gasteiger partial charge is 0.283 e. The minimum absolute atomic E-state index is 0.106. The number of fused-ring (bicyclic) bond motifs is 2. The van der Waals surface area contributed by atoms with Crippen LogP contribution in [-0.2, 0) is 11.3 Å². The van der Waals surface area contributed by atoms with Crippen LogP contribution in [0, 0.1) is 18.3 Å². The van der Waals surface area contributed by atoms with Crippen molar-refractivity contribution in [2.24, 2.45) is 16.0 Å². The number of thioether (sulfide) groups is 1. The van der Waals surface area contributed by atoms with Crippen LogP contribution in [0.1, 0.15) is 48.8 Å². The molecule has 0 bridgehead atoms. The summed E-state index contributed by atoms with van der Waals surface area (Å²) in [5, 5.41) is 17.7. The number of nitrogens with zero attached hydrogens (tertiary/aromatic N) is 4. The monoisotopic (exact) mass is 481 g/mol. The maximum atomic E-state index is 13.0. The number of para-hydroxylation sites is 1. The normalized spacial score (nSPS) is 19.9. The van der Waals surface area contributed by atoms with Gasteiger partial charge in [-0.05, 0) is 54.8 Å². The van der Waals surface area contributed by atoms with Gasteiger partial charge >= 0.3 is 0 Å². The first-order valence-electron chi connectivity index (χ1n) is 12.2. The van der Waals surface area contributed by atoms with Crippen LogP contribution in [0.2, 0.25) is 0 Å². The number of aryl methyl sites for hydroxylation is 1. The summed E-state index contributed by atoms with van der Waals surface area (Å²) >= 11 is 1.46. The summed E-state index contributed by atoms with van der Waals surface area (Å²) in [7, 11) is 0. The standard InChI is InChI=1S/C28H27N5OS/c1-18-9-5-6-12-20(18)16-32-17-21(22-13-7-8-14-24(22)32)15-23-25(29)33-28(30-26(23)34)35-27(31-33)19-10-3-2-4-11-19/h5-9,12-15,17,19,29H,2-4,10-11,16H2,1H3/b23-15-,29-25?. The molecule has 2 aliphatic heterocycles. The first-order valence-corrected chi connectivity index (χ1v) is 13.0. The number of hydrazone groups is 1. The predicted molar refractivity (Wildman–Crippen MR) is 144 cm³/mol. The second-order valence-corrected chi connectivity index (χ2v) is 10.4. The molecule has 6 rings (SSSR count). The molecule has 35 heavy (non-hydrogen) atoms. The van der Waals surface area contributed by atoms with Crippen LogP contribution in [0.15, 0.2) is 70.4 Å². The fourth-order valence-electron chi connectivity index (χ4n) is 5.17. The van der Waals surface area contributed by atoms with Gasteiger partial charge < -0.3 is 4.57 Å². The van der Waals surface area contributed by atoms with E-state index in [1.54, 1.807) is 11.1 Å². The molecule has 176 valence electrons. The van der Waals surface area contributed by atoms with E-state index in [1.165, 1.54) is 42.2 Å². The van der Waals surface area contributed by atoms with Gasteiger partial charge in [0.2, 0.25) is 5.17 Å². The zero-order chi connectivity index (χ0) is 23.9. The number of benzene rings is 2. The van der Waals surface area contributed by atoms with E-state index in [9.17, 15) is 4.79 Å². The van der Waals surface area contributed by atoms with Gasteiger partial charge in [0.05, 0.1) is 5.57 Å². The van der Waals surface area contributed by atoms with Gasteiger partial charge in [0.25, 0.3) is 5.91 Å². The lowest BCUT2D eigenvalue weighted by Gasteiger charge is -2.20. The van der Waals surface area contributed by atoms with E-state index in [0.717, 1.165) is 40.9 Å². The summed E-state index contributed by atoms with van der Waals surface area (Å²) in [6, 6.07) is 16.6. The molecule has 1 aromatic heterocycles. The molecule has 0 unspecified atom stereocenters. The van der Waals surface area contributed by atoms with Crippen molar-refractivity contribution in [2.75, 3.05) is 0 Å². The maximum Gasteiger partial charge on any atom is 0.283 e. The molecule has 1 saturated carbocycles. The van der Waals surface area contributed by atoms with Gasteiger partial charge in [0.1, 0.15) is 5.04 Å². The summed E-state index contributed by atoms with van der Waals surface area (Å²) in [6.45, 7) is 2.86. The van der Waals surface area contributed by atoms with E-state index < -0.39 is 0 Å². The molecular formula is C28H27N5OS. The Balaban J connectivity index is 1.35. The number of aliphatic imine (C=N–C) groups is 1. The van der Waals surface area contributed by atoms with E-state index in [1.807, 2.05) is 12.1 Å². The maximum absolute atomic E-state index is 13.0. The average molecular weight is 482 g/mol. The van der Waals surface area contributed by atoms with E-state index in [0.29, 0.717) is 11.1 Å². The number of amidine groups is 2. The van der Waals surface area contributed by atoms with Crippen molar-refractivity contribution in [3.8, 4) is 0 Å². The molecule has 3 heterocycles. The summed E-state index contributed by atoms with van der Waals surface area (Å²) < 4.78 is 2.21. The Hall–Kier alpha value is -3.45. The highest BCUT2D eigenvalue weighted by atomic mass is 32.2. The van der Waals surface area contributed by atoms with Gasteiger partial charge in [0, 0.05) is 35.1 Å². The van der Waals surface area contributed by atoms with Gasteiger partial charge in [-0.25, -0.2) is 0 Å². The highest BCUT2D eigenvalue weighted by molar-refractivity contribution is 8.27. The lowest BCUT2D eigenvalue weighted by atomic mass is 9.90. The lowest BCUT2D eigenvalue weighted by Crippen LogP contribution is -2.35. The topological polar surface area (TPSA) is 73.8 Å². The largest absolute Gasteiger partial charge is 0.342 e. The van der Waals surface area contributed by atoms with E-state index in [2.05, 4.69) is 59.1 Å². The molecule has 1 amide bonds. The van der Waals surface area contributed by atoms with Crippen LogP contribution in [0.5, 0.6) is 0 Å². The third-order valence-electron chi connectivity index (χ3n) is 7.15. The Labute approximate surface area is 208 Å². The second-order valence-electron chi connectivity index (χ2n) is 9.45. The molecule has 1 fully saturated rings. The lowest BCUT2D eigenvalue weighted by molar-refractivity contribution is -0.114. The van der Waals surface area contributed by atoms with Crippen molar-refractivity contribution in [1.82, 2.24) is 9.58 Å². The SMILES string of the molecule is Cc1ccccc1Cn1cc(/C=C2/C(=N)N3N=C(C4CCCCC4)SC3=NC2=O)c2ccccc21. The van der Waals surface area contributed by atoms with Gasteiger partial charge in [-0.3, -0.25) is 10.2 Å². The predicted octanol–water partition coefficient (Wildman–Crippen LogP) is 6.20. The number of hydrogen-bond acceptors (Lipinski definition) is 4. The van der Waals surface area contributed by atoms with Gasteiger partial charge in [-0.1, -0.05) is 61.7 Å². The highest BCUT2D eigenvalue weighted by Crippen LogP contribution is 2.36. The van der Waals surface area contributed by atoms with Crippen molar-refractivity contribution < 1.29 is 4.79 Å². The molecule has 2 aromatic carbocycles. The minimum Gasteiger partial charge on any atom is -0.342 e. The van der Waals surface area contributed by atoms with Crippen LogP contribution in [0.25, 0.3) is 17.0 Å². The molecule has 3 aliphatic rings. The summed E-state index contributed by atoms with van der Waals surface area (Å²) in [4.78, 5) is 17.3. The quantitative estimate of drug-likeness (QED) is 0.451. The Bertz CT molecular complexity index is 1440. The number of amides is 1. The summed E-state index contributed by atoms with van der Waals surface area (Å²) in [6.07, 6.45) is 9.82. The van der Waals surface area contributed by atoms with E-state index >= 15 is 0 Å². The van der Waals surface area contributed by atoms with Crippen molar-refractivity contribution >= 4 is 50.7 Å². The number of nitrogens with one attached hydrogen (secondary N) is 1. The molecule has 1 N–H and O–H groups in total. The second kappa shape index (κ2) is 8.96. The van der Waals surface area contributed by atoms with E-state index in [-0.39, 0.29) is 17.3 Å². The molecular weight excluding hydrogens is 454 g/mol. The fraction of sp³-hybridized carbons (Fsp3) is 0.286. The van der Waals surface area contributed by atoms with Gasteiger partial charge in [0.15, 0.2) is 5.84 Å². The van der Waals surface area contributed by atoms with Gasteiger partial charge in [-0.15, -0.1) is 0 Å². The summed E-state index contributed by atoms with van der Waals surface area (Å²) in [5.41, 5.74) is 4.78. The molecule has 0 atom stereocenters. The molecule has 3 aromatic rings. The van der Waals surface area contributed by atoms with E-state index in [4.69, 9.17) is 10.5 Å². The number of carbonyl (C=O) groups is 1. The van der Waals surface area contributed by atoms with Crippen molar-refractivity contribution in [3.63, 3.8) is 0 Å². The minimum atomic E-state index is -0.371. The molecule has 0 saturated heterocycles. The molecule has 1 aliphatic carbocycles. The zero-order valence-corrected chi connectivity index (χ0v) is 20.5. The molecule has 0 radical (unpaired) electrons. The van der Waals surface area contributed by atoms with Crippen molar-refractivity contribution in [3.05, 3.63) is 77.0 Å². The van der Waals surface area contributed by atoms with Crippen molar-refractivity contribution in [2.45, 2.75) is 45.6 Å². The highest BCUT2D eigenvalue weighted by Gasteiger charge is 2.38.